The topological polar surface area (TPSA) is 88.1 Å². The molecule has 3 aromatic rings. The van der Waals surface area contributed by atoms with Crippen LogP contribution in [0.1, 0.15) is 49.8 Å². The summed E-state index contributed by atoms with van der Waals surface area (Å²) in [5.74, 6) is -0.226. The molecule has 3 aromatic carbocycles. The standard InChI is InChI=1S/C32H39FN2O5/c1-4-39-30(31(36)37)22-25-9-17-29(18-10-25)40-21-20-35(19-5-6-24-7-13-27(33)14-8-24)32(38)34-28-15-11-26(12-16-28)23(2)3/h7-18,23,30H,4-6,19-22H2,1-3H3,(H,34,38)(H,36,37). The lowest BCUT2D eigenvalue weighted by Gasteiger charge is -2.23. The SMILES string of the molecule is CCOC(Cc1ccc(OCCN(CCCc2ccc(F)cc2)C(=O)Nc2ccc(C(C)C)cc2)cc1)C(=O)O. The smallest absolute Gasteiger partial charge is 0.333 e. The van der Waals surface area contributed by atoms with Crippen LogP contribution in [0, 0.1) is 5.82 Å². The zero-order valence-corrected chi connectivity index (χ0v) is 23.4. The molecule has 8 heteroatoms. The highest BCUT2D eigenvalue weighted by atomic mass is 19.1. The van der Waals surface area contributed by atoms with E-state index in [2.05, 4.69) is 19.2 Å². The molecule has 40 heavy (non-hydrogen) atoms. The molecule has 0 saturated heterocycles. The van der Waals surface area contributed by atoms with Crippen LogP contribution in [-0.2, 0) is 22.4 Å². The Morgan fingerprint density at radius 2 is 1.57 bits per heavy atom. The second kappa shape index (κ2) is 15.6. The van der Waals surface area contributed by atoms with Crippen molar-refractivity contribution < 1.29 is 28.6 Å². The fraction of sp³-hybridized carbons (Fsp3) is 0.375. The monoisotopic (exact) mass is 550 g/mol. The Hall–Kier alpha value is -3.91. The van der Waals surface area contributed by atoms with Gasteiger partial charge in [-0.25, -0.2) is 14.0 Å². The third kappa shape index (κ3) is 10.0. The average molecular weight is 551 g/mol. The number of ether oxygens (including phenoxy) is 2. The van der Waals surface area contributed by atoms with Crippen molar-refractivity contribution in [2.45, 2.75) is 52.1 Å². The van der Waals surface area contributed by atoms with Gasteiger partial charge in [0.15, 0.2) is 6.10 Å². The number of halogens is 1. The summed E-state index contributed by atoms with van der Waals surface area (Å²) >= 11 is 0. The molecule has 0 radical (unpaired) electrons. The maximum absolute atomic E-state index is 13.2. The molecular formula is C32H39FN2O5. The van der Waals surface area contributed by atoms with Crippen LogP contribution < -0.4 is 10.1 Å². The molecule has 0 saturated carbocycles. The number of aryl methyl sites for hydroxylation is 1. The van der Waals surface area contributed by atoms with Gasteiger partial charge < -0.3 is 24.8 Å². The van der Waals surface area contributed by atoms with Gasteiger partial charge in [0, 0.05) is 25.3 Å². The van der Waals surface area contributed by atoms with Gasteiger partial charge in [-0.2, -0.15) is 0 Å². The molecular weight excluding hydrogens is 511 g/mol. The molecule has 0 bridgehead atoms. The van der Waals surface area contributed by atoms with E-state index in [-0.39, 0.29) is 24.9 Å². The van der Waals surface area contributed by atoms with E-state index >= 15 is 0 Å². The van der Waals surface area contributed by atoms with Gasteiger partial charge in [0.2, 0.25) is 0 Å². The van der Waals surface area contributed by atoms with E-state index in [1.165, 1.54) is 17.7 Å². The van der Waals surface area contributed by atoms with Gasteiger partial charge in [0.25, 0.3) is 0 Å². The van der Waals surface area contributed by atoms with Crippen molar-refractivity contribution in [1.82, 2.24) is 4.90 Å². The zero-order chi connectivity index (χ0) is 28.9. The molecule has 1 unspecified atom stereocenters. The molecule has 0 aliphatic rings. The van der Waals surface area contributed by atoms with Crippen molar-refractivity contribution in [3.05, 3.63) is 95.3 Å². The minimum atomic E-state index is -0.990. The van der Waals surface area contributed by atoms with Crippen molar-refractivity contribution >= 4 is 17.7 Å². The van der Waals surface area contributed by atoms with Crippen molar-refractivity contribution in [2.24, 2.45) is 0 Å². The Kier molecular flexibility index (Phi) is 12.0. The molecule has 0 aromatic heterocycles. The van der Waals surface area contributed by atoms with Crippen molar-refractivity contribution in [3.8, 4) is 5.75 Å². The van der Waals surface area contributed by atoms with E-state index in [4.69, 9.17) is 9.47 Å². The van der Waals surface area contributed by atoms with Crippen molar-refractivity contribution in [2.75, 3.05) is 31.6 Å². The molecule has 7 nitrogen and oxygen atoms in total. The number of amides is 2. The molecule has 0 fully saturated rings. The Bertz CT molecular complexity index is 1200. The summed E-state index contributed by atoms with van der Waals surface area (Å²) < 4.78 is 24.4. The van der Waals surface area contributed by atoms with Gasteiger partial charge >= 0.3 is 12.0 Å². The number of hydrogen-bond donors (Lipinski definition) is 2. The maximum Gasteiger partial charge on any atom is 0.333 e. The Balaban J connectivity index is 1.58. The summed E-state index contributed by atoms with van der Waals surface area (Å²) in [5, 5.41) is 12.3. The quantitative estimate of drug-likeness (QED) is 0.225. The number of carboxylic acid groups (broad SMARTS) is 1. The average Bonchev–Trinajstić information content (AvgIpc) is 2.94. The van der Waals surface area contributed by atoms with Crippen LogP contribution in [0.3, 0.4) is 0 Å². The fourth-order valence-electron chi connectivity index (χ4n) is 4.22. The number of carboxylic acids is 1. The van der Waals surface area contributed by atoms with Crippen LogP contribution in [-0.4, -0.2) is 54.4 Å². The van der Waals surface area contributed by atoms with Crippen LogP contribution in [0.4, 0.5) is 14.9 Å². The zero-order valence-electron chi connectivity index (χ0n) is 23.4. The number of aliphatic carboxylic acids is 1. The number of carbonyl (C=O) groups is 2. The van der Waals surface area contributed by atoms with Crippen molar-refractivity contribution in [1.29, 1.82) is 0 Å². The lowest BCUT2D eigenvalue weighted by atomic mass is 10.0. The van der Waals surface area contributed by atoms with E-state index in [9.17, 15) is 19.1 Å². The van der Waals surface area contributed by atoms with Gasteiger partial charge in [-0.3, -0.25) is 0 Å². The van der Waals surface area contributed by atoms with Crippen molar-refractivity contribution in [3.63, 3.8) is 0 Å². The summed E-state index contributed by atoms with van der Waals surface area (Å²) in [7, 11) is 0. The second-order valence-electron chi connectivity index (χ2n) is 9.90. The first kappa shape index (κ1) is 30.6. The summed E-state index contributed by atoms with van der Waals surface area (Å²) in [5.41, 5.74) is 3.77. The number of nitrogens with one attached hydrogen (secondary N) is 1. The van der Waals surface area contributed by atoms with E-state index in [0.29, 0.717) is 44.2 Å². The first-order chi connectivity index (χ1) is 19.2. The molecule has 3 rings (SSSR count). The van der Waals surface area contributed by atoms with Gasteiger partial charge in [-0.1, -0.05) is 50.2 Å². The first-order valence-electron chi connectivity index (χ1n) is 13.7. The number of anilines is 1. The Morgan fingerprint density at radius 1 is 0.925 bits per heavy atom. The molecule has 0 spiro atoms. The van der Waals surface area contributed by atoms with E-state index in [1.807, 2.05) is 36.4 Å². The second-order valence-corrected chi connectivity index (χ2v) is 9.90. The minimum absolute atomic E-state index is 0.217. The van der Waals surface area contributed by atoms with Crippen LogP contribution in [0.15, 0.2) is 72.8 Å². The van der Waals surface area contributed by atoms with E-state index in [1.54, 1.807) is 36.1 Å². The summed E-state index contributed by atoms with van der Waals surface area (Å²) in [6.07, 6.45) is 0.809. The summed E-state index contributed by atoms with van der Waals surface area (Å²) in [6, 6.07) is 21.2. The summed E-state index contributed by atoms with van der Waals surface area (Å²) in [4.78, 5) is 26.2. The van der Waals surface area contributed by atoms with Crippen LogP contribution in [0.25, 0.3) is 0 Å². The van der Waals surface area contributed by atoms with E-state index < -0.39 is 12.1 Å². The van der Waals surface area contributed by atoms with Gasteiger partial charge in [0.1, 0.15) is 18.2 Å². The van der Waals surface area contributed by atoms with Gasteiger partial charge in [0.05, 0.1) is 6.54 Å². The highest BCUT2D eigenvalue weighted by Crippen LogP contribution is 2.18. The molecule has 2 N–H and O–H groups in total. The lowest BCUT2D eigenvalue weighted by Crippen LogP contribution is -2.38. The molecule has 1 atom stereocenters. The van der Waals surface area contributed by atoms with E-state index in [0.717, 1.165) is 16.8 Å². The highest BCUT2D eigenvalue weighted by molar-refractivity contribution is 5.89. The molecule has 0 heterocycles. The largest absolute Gasteiger partial charge is 0.492 e. The Labute approximate surface area is 235 Å². The lowest BCUT2D eigenvalue weighted by molar-refractivity contribution is -0.149. The maximum atomic E-state index is 13.2. The number of hydrogen-bond acceptors (Lipinski definition) is 4. The van der Waals surface area contributed by atoms with Crippen LogP contribution in [0.2, 0.25) is 0 Å². The summed E-state index contributed by atoms with van der Waals surface area (Å²) in [6.45, 7) is 7.49. The molecule has 214 valence electrons. The molecule has 2 amide bonds. The minimum Gasteiger partial charge on any atom is -0.492 e. The normalized spacial score (nSPS) is 11.7. The number of rotatable bonds is 15. The molecule has 0 aliphatic heterocycles. The number of carbonyl (C=O) groups excluding carboxylic acids is 1. The van der Waals surface area contributed by atoms with Gasteiger partial charge in [-0.15, -0.1) is 0 Å². The Morgan fingerprint density at radius 3 is 2.17 bits per heavy atom. The third-order valence-corrected chi connectivity index (χ3v) is 6.54. The third-order valence-electron chi connectivity index (χ3n) is 6.54. The molecule has 0 aliphatic carbocycles. The number of nitrogens with zero attached hydrogens (tertiary/aromatic N) is 1. The first-order valence-corrected chi connectivity index (χ1v) is 13.7. The predicted molar refractivity (Wildman–Crippen MR) is 155 cm³/mol. The van der Waals surface area contributed by atoms with Crippen LogP contribution in [0.5, 0.6) is 5.75 Å². The van der Waals surface area contributed by atoms with Crippen LogP contribution >= 0.6 is 0 Å². The van der Waals surface area contributed by atoms with Gasteiger partial charge in [-0.05, 0) is 78.8 Å². The highest BCUT2D eigenvalue weighted by Gasteiger charge is 2.18. The fourth-order valence-corrected chi connectivity index (χ4v) is 4.22. The number of urea groups is 1. The number of benzene rings is 3. The predicted octanol–water partition coefficient (Wildman–Crippen LogP) is 6.53.